The van der Waals surface area contributed by atoms with Gasteiger partial charge in [0, 0.05) is 36.6 Å². The second kappa shape index (κ2) is 8.95. The smallest absolute Gasteiger partial charge is 0.256 e. The van der Waals surface area contributed by atoms with E-state index in [1.165, 1.54) is 0 Å². The standard InChI is InChI=1S/C24H24N4O3/c1-3-28-15-19(22(29)18-11-10-16(2)27-23(18)28)24(30)26-13-6-14-31-20-9-4-7-17-8-5-12-25-21(17)20/h4-5,7-12,15H,3,6,13-14H2,1-2H3,(H,26,30). The minimum absolute atomic E-state index is 0.124. The van der Waals surface area contributed by atoms with Crippen molar-refractivity contribution in [2.24, 2.45) is 0 Å². The molecule has 0 unspecified atom stereocenters. The molecule has 0 spiro atoms. The Kier molecular flexibility index (Phi) is 5.93. The highest BCUT2D eigenvalue weighted by atomic mass is 16.5. The normalized spacial score (nSPS) is 11.0. The van der Waals surface area contributed by atoms with Crippen molar-refractivity contribution in [3.63, 3.8) is 0 Å². The zero-order chi connectivity index (χ0) is 21.8. The second-order valence-electron chi connectivity index (χ2n) is 7.27. The van der Waals surface area contributed by atoms with Gasteiger partial charge >= 0.3 is 0 Å². The maximum Gasteiger partial charge on any atom is 0.256 e. The van der Waals surface area contributed by atoms with Crippen molar-refractivity contribution in [3.8, 4) is 5.75 Å². The van der Waals surface area contributed by atoms with E-state index < -0.39 is 0 Å². The quantitative estimate of drug-likeness (QED) is 0.466. The van der Waals surface area contributed by atoms with Crippen molar-refractivity contribution in [2.45, 2.75) is 26.8 Å². The molecule has 1 N–H and O–H groups in total. The number of nitrogens with one attached hydrogen (secondary N) is 1. The van der Waals surface area contributed by atoms with Crippen molar-refractivity contribution in [3.05, 3.63) is 76.3 Å². The van der Waals surface area contributed by atoms with E-state index in [0.717, 1.165) is 16.6 Å². The number of hydrogen-bond donors (Lipinski definition) is 1. The summed E-state index contributed by atoms with van der Waals surface area (Å²) in [7, 11) is 0. The molecule has 4 aromatic rings. The number of carbonyl (C=O) groups is 1. The summed E-state index contributed by atoms with van der Waals surface area (Å²) in [5.74, 6) is 0.328. The van der Waals surface area contributed by atoms with Crippen molar-refractivity contribution in [1.82, 2.24) is 19.9 Å². The van der Waals surface area contributed by atoms with Gasteiger partial charge in [0.1, 0.15) is 22.5 Å². The van der Waals surface area contributed by atoms with Crippen LogP contribution >= 0.6 is 0 Å². The monoisotopic (exact) mass is 416 g/mol. The van der Waals surface area contributed by atoms with Crippen LogP contribution < -0.4 is 15.5 Å². The number of hydrogen-bond acceptors (Lipinski definition) is 5. The predicted molar refractivity (Wildman–Crippen MR) is 121 cm³/mol. The van der Waals surface area contributed by atoms with Gasteiger partial charge in [-0.25, -0.2) is 4.98 Å². The zero-order valence-corrected chi connectivity index (χ0v) is 17.6. The fourth-order valence-corrected chi connectivity index (χ4v) is 3.51. The molecular formula is C24H24N4O3. The number of benzene rings is 1. The Balaban J connectivity index is 1.40. The molecule has 0 saturated heterocycles. The summed E-state index contributed by atoms with van der Waals surface area (Å²) in [4.78, 5) is 34.3. The second-order valence-corrected chi connectivity index (χ2v) is 7.27. The number of ether oxygens (including phenoxy) is 1. The van der Waals surface area contributed by atoms with Crippen LogP contribution in [0.1, 0.15) is 29.4 Å². The van der Waals surface area contributed by atoms with Crippen LogP contribution in [-0.4, -0.2) is 33.6 Å². The van der Waals surface area contributed by atoms with Gasteiger partial charge in [0.2, 0.25) is 5.43 Å². The summed E-state index contributed by atoms with van der Waals surface area (Å²) in [5.41, 5.74) is 2.06. The van der Waals surface area contributed by atoms with Gasteiger partial charge < -0.3 is 14.6 Å². The molecule has 7 nitrogen and oxygen atoms in total. The summed E-state index contributed by atoms with van der Waals surface area (Å²) < 4.78 is 7.68. The highest BCUT2D eigenvalue weighted by Crippen LogP contribution is 2.22. The summed E-state index contributed by atoms with van der Waals surface area (Å²) >= 11 is 0. The third-order valence-electron chi connectivity index (χ3n) is 5.11. The number of nitrogens with zero attached hydrogens (tertiary/aromatic N) is 3. The number of aryl methyl sites for hydroxylation is 2. The Morgan fingerprint density at radius 3 is 2.84 bits per heavy atom. The van der Waals surface area contributed by atoms with Crippen LogP contribution in [-0.2, 0) is 6.54 Å². The Bertz CT molecular complexity index is 1310. The maximum atomic E-state index is 12.8. The third kappa shape index (κ3) is 4.26. The average molecular weight is 416 g/mol. The largest absolute Gasteiger partial charge is 0.491 e. The van der Waals surface area contributed by atoms with Crippen LogP contribution in [0.5, 0.6) is 5.75 Å². The predicted octanol–water partition coefficient (Wildman–Crippen LogP) is 3.47. The molecule has 3 aromatic heterocycles. The van der Waals surface area contributed by atoms with E-state index in [0.29, 0.717) is 42.9 Å². The highest BCUT2D eigenvalue weighted by Gasteiger charge is 2.15. The number of aromatic nitrogens is 3. The minimum atomic E-state index is -0.387. The lowest BCUT2D eigenvalue weighted by atomic mass is 10.1. The number of amides is 1. The van der Waals surface area contributed by atoms with E-state index in [1.807, 2.05) is 48.7 Å². The Morgan fingerprint density at radius 2 is 2.00 bits per heavy atom. The molecule has 31 heavy (non-hydrogen) atoms. The molecule has 1 amide bonds. The molecule has 0 bridgehead atoms. The van der Waals surface area contributed by atoms with Crippen molar-refractivity contribution < 1.29 is 9.53 Å². The maximum absolute atomic E-state index is 12.8. The first-order valence-corrected chi connectivity index (χ1v) is 10.3. The van der Waals surface area contributed by atoms with Crippen molar-refractivity contribution >= 4 is 27.8 Å². The molecule has 7 heteroatoms. The molecule has 0 aliphatic carbocycles. The fraction of sp³-hybridized carbons (Fsp3) is 0.250. The molecule has 4 rings (SSSR count). The van der Waals surface area contributed by atoms with Gasteiger partial charge in [0.25, 0.3) is 5.91 Å². The van der Waals surface area contributed by atoms with Crippen molar-refractivity contribution in [1.29, 1.82) is 0 Å². The highest BCUT2D eigenvalue weighted by molar-refractivity contribution is 5.96. The lowest BCUT2D eigenvalue weighted by Crippen LogP contribution is -2.31. The van der Waals surface area contributed by atoms with Gasteiger partial charge in [-0.2, -0.15) is 0 Å². The first-order chi connectivity index (χ1) is 15.1. The van der Waals surface area contributed by atoms with E-state index in [-0.39, 0.29) is 16.9 Å². The molecule has 3 heterocycles. The van der Waals surface area contributed by atoms with Gasteiger partial charge in [0.15, 0.2) is 0 Å². The Morgan fingerprint density at radius 1 is 1.16 bits per heavy atom. The lowest BCUT2D eigenvalue weighted by Gasteiger charge is -2.12. The average Bonchev–Trinajstić information content (AvgIpc) is 2.79. The molecule has 1 aromatic carbocycles. The minimum Gasteiger partial charge on any atom is -0.491 e. The molecule has 0 atom stereocenters. The Hall–Kier alpha value is -3.74. The van der Waals surface area contributed by atoms with Gasteiger partial charge in [0.05, 0.1) is 12.0 Å². The molecule has 0 aliphatic rings. The molecular weight excluding hydrogens is 392 g/mol. The van der Waals surface area contributed by atoms with Crippen LogP contribution in [0.2, 0.25) is 0 Å². The van der Waals surface area contributed by atoms with Gasteiger partial charge in [-0.05, 0) is 44.5 Å². The first-order valence-electron chi connectivity index (χ1n) is 10.3. The summed E-state index contributed by atoms with van der Waals surface area (Å²) in [6.45, 7) is 5.26. The van der Waals surface area contributed by atoms with E-state index in [2.05, 4.69) is 15.3 Å². The summed E-state index contributed by atoms with van der Waals surface area (Å²) in [6, 6.07) is 13.2. The van der Waals surface area contributed by atoms with E-state index in [9.17, 15) is 9.59 Å². The van der Waals surface area contributed by atoms with Gasteiger partial charge in [-0.15, -0.1) is 0 Å². The van der Waals surface area contributed by atoms with Crippen LogP contribution in [0.15, 0.2) is 59.7 Å². The molecule has 0 radical (unpaired) electrons. The van der Waals surface area contributed by atoms with Gasteiger partial charge in [-0.3, -0.25) is 14.6 Å². The van der Waals surface area contributed by atoms with Crippen LogP contribution in [0.3, 0.4) is 0 Å². The van der Waals surface area contributed by atoms with E-state index in [1.54, 1.807) is 24.5 Å². The van der Waals surface area contributed by atoms with Crippen molar-refractivity contribution in [2.75, 3.05) is 13.2 Å². The molecule has 158 valence electrons. The van der Waals surface area contributed by atoms with Gasteiger partial charge in [-0.1, -0.05) is 18.2 Å². The van der Waals surface area contributed by atoms with E-state index in [4.69, 9.17) is 4.74 Å². The lowest BCUT2D eigenvalue weighted by molar-refractivity contribution is 0.0950. The fourth-order valence-electron chi connectivity index (χ4n) is 3.51. The number of para-hydroxylation sites is 1. The van der Waals surface area contributed by atoms with E-state index >= 15 is 0 Å². The first kappa shape index (κ1) is 20.5. The number of pyridine rings is 3. The van der Waals surface area contributed by atoms with Crippen LogP contribution in [0, 0.1) is 6.92 Å². The zero-order valence-electron chi connectivity index (χ0n) is 17.6. The number of carbonyl (C=O) groups excluding carboxylic acids is 1. The summed E-state index contributed by atoms with van der Waals surface area (Å²) in [5, 5.41) is 4.29. The topological polar surface area (TPSA) is 86.1 Å². The Labute approximate surface area is 179 Å². The van der Waals surface area contributed by atoms with Crippen LogP contribution in [0.25, 0.3) is 21.9 Å². The van der Waals surface area contributed by atoms with Crippen LogP contribution in [0.4, 0.5) is 0 Å². The number of fused-ring (bicyclic) bond motifs is 2. The molecule has 0 fully saturated rings. The molecule has 0 aliphatic heterocycles. The SMILES string of the molecule is CCn1cc(C(=O)NCCCOc2cccc3cccnc23)c(=O)c2ccc(C)nc21. The summed E-state index contributed by atoms with van der Waals surface area (Å²) in [6.07, 6.45) is 3.93. The third-order valence-corrected chi connectivity index (χ3v) is 5.11. The number of rotatable bonds is 7. The molecule has 0 saturated carbocycles.